The fraction of sp³-hybridized carbons (Fsp3) is 0.364. The van der Waals surface area contributed by atoms with Gasteiger partial charge in [0.05, 0.1) is 24.1 Å². The number of ether oxygens (including phenoxy) is 1. The minimum absolute atomic E-state index is 0.249. The third-order valence-electron chi connectivity index (χ3n) is 8.06. The molecule has 6 rings (SSSR count). The highest BCUT2D eigenvalue weighted by Gasteiger charge is 2.32. The number of hydrogen-bond donors (Lipinski definition) is 3. The van der Waals surface area contributed by atoms with Crippen LogP contribution < -0.4 is 15.5 Å². The average molecular weight is 593 g/mol. The van der Waals surface area contributed by atoms with Gasteiger partial charge >= 0.3 is 0 Å². The van der Waals surface area contributed by atoms with E-state index in [0.29, 0.717) is 37.7 Å². The van der Waals surface area contributed by atoms with Crippen LogP contribution in [-0.2, 0) is 16.1 Å². The summed E-state index contributed by atoms with van der Waals surface area (Å²) in [6.07, 6.45) is 5.11. The van der Waals surface area contributed by atoms with Crippen molar-refractivity contribution in [2.24, 2.45) is 0 Å². The lowest BCUT2D eigenvalue weighted by Gasteiger charge is -2.40. The number of hydrogen-bond acceptors (Lipinski definition) is 8. The zero-order chi connectivity index (χ0) is 30.5. The summed E-state index contributed by atoms with van der Waals surface area (Å²) in [4.78, 5) is 46.4. The largest absolute Gasteiger partial charge is 0.378 e. The highest BCUT2D eigenvalue weighted by Crippen LogP contribution is 2.30. The molecule has 226 valence electrons. The van der Waals surface area contributed by atoms with Gasteiger partial charge in [0.15, 0.2) is 0 Å². The van der Waals surface area contributed by atoms with Crippen molar-refractivity contribution in [2.45, 2.75) is 38.8 Å². The highest BCUT2D eigenvalue weighted by molar-refractivity contribution is 6.03. The minimum atomic E-state index is -0.343. The monoisotopic (exact) mass is 592 g/mol. The quantitative estimate of drug-likeness (QED) is 0.278. The van der Waals surface area contributed by atoms with Gasteiger partial charge in [0.25, 0.3) is 11.8 Å². The first-order valence-electron chi connectivity index (χ1n) is 14.9. The van der Waals surface area contributed by atoms with E-state index in [2.05, 4.69) is 65.2 Å². The Bertz CT molecular complexity index is 1720. The number of benzene rings is 1. The minimum Gasteiger partial charge on any atom is -0.378 e. The summed E-state index contributed by atoms with van der Waals surface area (Å²) in [6, 6.07) is 13.5. The van der Waals surface area contributed by atoms with E-state index in [1.54, 1.807) is 19.4 Å². The average Bonchev–Trinajstić information content (AvgIpc) is 3.47. The number of amides is 2. The Kier molecular flexibility index (Phi) is 8.54. The number of fused-ring (bicyclic) bond motifs is 1. The van der Waals surface area contributed by atoms with Gasteiger partial charge in [-0.05, 0) is 80.6 Å². The predicted octanol–water partition coefficient (Wildman–Crippen LogP) is 3.60. The van der Waals surface area contributed by atoms with E-state index < -0.39 is 0 Å². The normalized spacial score (nSPS) is 18.8. The number of nitrogens with one attached hydrogen (secondary N) is 3. The van der Waals surface area contributed by atoms with E-state index in [9.17, 15) is 9.59 Å². The Balaban J connectivity index is 1.10. The summed E-state index contributed by atoms with van der Waals surface area (Å²) in [5, 5.41) is 7.00. The molecule has 3 N–H and O–H groups in total. The summed E-state index contributed by atoms with van der Waals surface area (Å²) in [6.45, 7) is 8.95. The smallest absolute Gasteiger partial charge is 0.296 e. The van der Waals surface area contributed by atoms with Gasteiger partial charge in [-0.1, -0.05) is 18.1 Å². The maximum atomic E-state index is 13.1. The SMILES string of the molecule is CC#CC(=O)N[C@]1(C)CCCN(Cc2ccnc(C(=O)Nc3ccc(-c4cc5c(N6CCOCC6)ncnc5[nH]4)cc3)c2)C1. The van der Waals surface area contributed by atoms with Crippen molar-refractivity contribution in [3.8, 4) is 23.1 Å². The molecule has 2 aliphatic rings. The lowest BCUT2D eigenvalue weighted by atomic mass is 9.90. The van der Waals surface area contributed by atoms with Gasteiger partial charge in [0, 0.05) is 43.8 Å². The van der Waals surface area contributed by atoms with Gasteiger partial charge in [-0.25, -0.2) is 9.97 Å². The molecular formula is C33H36N8O3. The number of carbonyl (C=O) groups excluding carboxylic acids is 2. The summed E-state index contributed by atoms with van der Waals surface area (Å²) < 4.78 is 5.49. The molecule has 0 bridgehead atoms. The first kappa shape index (κ1) is 29.3. The highest BCUT2D eigenvalue weighted by atomic mass is 16.5. The zero-order valence-electron chi connectivity index (χ0n) is 25.0. The molecule has 5 heterocycles. The number of aromatic amines is 1. The molecule has 11 heteroatoms. The van der Waals surface area contributed by atoms with Crippen molar-refractivity contribution in [1.29, 1.82) is 0 Å². The molecular weight excluding hydrogens is 556 g/mol. The van der Waals surface area contributed by atoms with Crippen LogP contribution in [0.5, 0.6) is 0 Å². The molecule has 2 aliphatic heterocycles. The fourth-order valence-corrected chi connectivity index (χ4v) is 5.99. The Morgan fingerprint density at radius 3 is 2.68 bits per heavy atom. The van der Waals surface area contributed by atoms with Crippen LogP contribution in [0.15, 0.2) is 55.0 Å². The topological polar surface area (TPSA) is 128 Å². The van der Waals surface area contributed by atoms with Crippen LogP contribution in [0.2, 0.25) is 0 Å². The van der Waals surface area contributed by atoms with Crippen LogP contribution in [0, 0.1) is 11.8 Å². The van der Waals surface area contributed by atoms with Crippen molar-refractivity contribution < 1.29 is 14.3 Å². The van der Waals surface area contributed by atoms with Gasteiger partial charge in [-0.15, -0.1) is 0 Å². The summed E-state index contributed by atoms with van der Waals surface area (Å²) in [5.74, 6) is 5.61. The summed E-state index contributed by atoms with van der Waals surface area (Å²) >= 11 is 0. The second kappa shape index (κ2) is 12.8. The van der Waals surface area contributed by atoms with Crippen molar-refractivity contribution in [3.63, 3.8) is 0 Å². The Hall–Kier alpha value is -4.79. The van der Waals surface area contributed by atoms with E-state index in [-0.39, 0.29) is 17.4 Å². The summed E-state index contributed by atoms with van der Waals surface area (Å²) in [5.41, 5.74) is 4.35. The van der Waals surface area contributed by atoms with Crippen LogP contribution in [0.1, 0.15) is 42.7 Å². The molecule has 2 saturated heterocycles. The number of H-pyrrole nitrogens is 1. The molecule has 2 amide bonds. The molecule has 1 atom stereocenters. The number of nitrogens with zero attached hydrogens (tertiary/aromatic N) is 5. The van der Waals surface area contributed by atoms with E-state index in [1.807, 2.05) is 36.4 Å². The fourth-order valence-electron chi connectivity index (χ4n) is 5.99. The number of anilines is 2. The molecule has 0 saturated carbocycles. The lowest BCUT2D eigenvalue weighted by Crippen LogP contribution is -2.56. The van der Waals surface area contributed by atoms with Crippen molar-refractivity contribution in [3.05, 3.63) is 66.2 Å². The van der Waals surface area contributed by atoms with Crippen LogP contribution in [-0.4, -0.2) is 81.6 Å². The molecule has 11 nitrogen and oxygen atoms in total. The maximum Gasteiger partial charge on any atom is 0.296 e. The molecule has 4 aromatic rings. The molecule has 44 heavy (non-hydrogen) atoms. The predicted molar refractivity (Wildman–Crippen MR) is 169 cm³/mol. The second-order valence-electron chi connectivity index (χ2n) is 11.5. The number of pyridine rings is 1. The van der Waals surface area contributed by atoms with E-state index in [0.717, 1.165) is 66.1 Å². The van der Waals surface area contributed by atoms with E-state index in [1.165, 1.54) is 0 Å². The van der Waals surface area contributed by atoms with Gasteiger partial charge in [-0.3, -0.25) is 19.5 Å². The van der Waals surface area contributed by atoms with Gasteiger partial charge in [0.2, 0.25) is 0 Å². The van der Waals surface area contributed by atoms with Gasteiger partial charge < -0.3 is 25.3 Å². The Morgan fingerprint density at radius 2 is 1.89 bits per heavy atom. The number of morpholine rings is 1. The molecule has 0 radical (unpaired) electrons. The maximum absolute atomic E-state index is 13.1. The summed E-state index contributed by atoms with van der Waals surface area (Å²) in [7, 11) is 0. The molecule has 1 aromatic carbocycles. The van der Waals surface area contributed by atoms with Crippen molar-refractivity contribution >= 4 is 34.4 Å². The number of carbonyl (C=O) groups is 2. The third kappa shape index (κ3) is 6.72. The molecule has 0 aliphatic carbocycles. The Morgan fingerprint density at radius 1 is 1.07 bits per heavy atom. The van der Waals surface area contributed by atoms with Crippen LogP contribution >= 0.6 is 0 Å². The first-order valence-corrected chi connectivity index (χ1v) is 14.9. The Labute approximate surface area is 256 Å². The lowest BCUT2D eigenvalue weighted by molar-refractivity contribution is -0.118. The van der Waals surface area contributed by atoms with Crippen LogP contribution in [0.4, 0.5) is 11.5 Å². The van der Waals surface area contributed by atoms with Crippen molar-refractivity contribution in [1.82, 2.24) is 30.2 Å². The second-order valence-corrected chi connectivity index (χ2v) is 11.5. The molecule has 0 spiro atoms. The van der Waals surface area contributed by atoms with Crippen LogP contribution in [0.25, 0.3) is 22.3 Å². The third-order valence-corrected chi connectivity index (χ3v) is 8.06. The van der Waals surface area contributed by atoms with E-state index >= 15 is 0 Å². The van der Waals surface area contributed by atoms with Gasteiger partial charge in [-0.2, -0.15) is 0 Å². The standard InChI is InChI=1S/C33H36N8O3/c1-3-5-29(42)39-33(2)11-4-13-40(21-33)20-23-10-12-34-28(18-23)32(43)37-25-8-6-24(7-9-25)27-19-26-30(38-27)35-22-36-31(26)41-14-16-44-17-15-41/h6-10,12,18-19,22H,4,11,13-17,20-21H2,1-2H3,(H,37,43)(H,39,42)(H,35,36,38)/t33-/m1/s1. The number of likely N-dealkylation sites (tertiary alicyclic amines) is 1. The molecule has 3 aromatic heterocycles. The van der Waals surface area contributed by atoms with Gasteiger partial charge in [0.1, 0.15) is 23.5 Å². The van der Waals surface area contributed by atoms with Crippen LogP contribution in [0.3, 0.4) is 0 Å². The first-order chi connectivity index (χ1) is 21.4. The van der Waals surface area contributed by atoms with E-state index in [4.69, 9.17) is 4.74 Å². The number of aromatic nitrogens is 4. The molecule has 0 unspecified atom stereocenters. The number of rotatable bonds is 7. The molecule has 2 fully saturated rings. The van der Waals surface area contributed by atoms with Crippen molar-refractivity contribution in [2.75, 3.05) is 49.6 Å². The number of piperidine rings is 1. The zero-order valence-corrected chi connectivity index (χ0v) is 25.0.